The van der Waals surface area contributed by atoms with E-state index in [1.165, 1.54) is 0 Å². The van der Waals surface area contributed by atoms with Gasteiger partial charge in [-0.1, -0.05) is 18.2 Å². The van der Waals surface area contributed by atoms with Gasteiger partial charge in [0.1, 0.15) is 0 Å². The van der Waals surface area contributed by atoms with Gasteiger partial charge in [0.15, 0.2) is 0 Å². The highest BCUT2D eigenvalue weighted by molar-refractivity contribution is 5.61. The van der Waals surface area contributed by atoms with Crippen molar-refractivity contribution in [2.24, 2.45) is 10.2 Å². The number of benzene rings is 2. The maximum absolute atomic E-state index is 4.34. The minimum Gasteiger partial charge on any atom is -0.385 e. The molecule has 1 N–H and O–H groups in total. The smallest absolute Gasteiger partial charge is 0.0858 e. The molecular formula is C19H18N4. The van der Waals surface area contributed by atoms with Gasteiger partial charge in [0.25, 0.3) is 0 Å². The van der Waals surface area contributed by atoms with Gasteiger partial charge in [-0.15, -0.1) is 0 Å². The highest BCUT2D eigenvalue weighted by Crippen LogP contribution is 2.23. The van der Waals surface area contributed by atoms with Gasteiger partial charge >= 0.3 is 0 Å². The highest BCUT2D eigenvalue weighted by atomic mass is 15.1. The van der Waals surface area contributed by atoms with Crippen molar-refractivity contribution < 1.29 is 0 Å². The van der Waals surface area contributed by atoms with Crippen molar-refractivity contribution in [1.29, 1.82) is 0 Å². The van der Waals surface area contributed by atoms with E-state index in [1.54, 1.807) is 6.20 Å². The van der Waals surface area contributed by atoms with E-state index >= 15 is 0 Å². The number of azo groups is 1. The van der Waals surface area contributed by atoms with Crippen LogP contribution in [0.4, 0.5) is 17.1 Å². The lowest BCUT2D eigenvalue weighted by Crippen LogP contribution is -1.94. The molecule has 3 rings (SSSR count). The molecule has 0 radical (unpaired) electrons. The number of hydrogen-bond donors (Lipinski definition) is 1. The summed E-state index contributed by atoms with van der Waals surface area (Å²) in [5, 5.41) is 11.8. The van der Waals surface area contributed by atoms with E-state index in [0.717, 1.165) is 34.9 Å². The first-order chi connectivity index (χ1) is 11.3. The fourth-order valence-electron chi connectivity index (χ4n) is 2.20. The Morgan fingerprint density at radius 1 is 0.826 bits per heavy atom. The number of aromatic nitrogens is 1. The van der Waals surface area contributed by atoms with Crippen LogP contribution in [0.2, 0.25) is 0 Å². The minimum absolute atomic E-state index is 0.820. The topological polar surface area (TPSA) is 49.6 Å². The third kappa shape index (κ3) is 4.01. The number of pyridine rings is 1. The van der Waals surface area contributed by atoms with Crippen molar-refractivity contribution in [2.75, 3.05) is 11.9 Å². The Kier molecular flexibility index (Phi) is 4.74. The Hall–Kier alpha value is -3.01. The zero-order valence-corrected chi connectivity index (χ0v) is 13.0. The number of nitrogens with one attached hydrogen (secondary N) is 1. The fourth-order valence-corrected chi connectivity index (χ4v) is 2.20. The second-order valence-corrected chi connectivity index (χ2v) is 5.04. The lowest BCUT2D eigenvalue weighted by Gasteiger charge is -2.02. The molecule has 4 nitrogen and oxygen atoms in total. The Bertz CT molecular complexity index is 763. The molecule has 4 heteroatoms. The van der Waals surface area contributed by atoms with Crippen LogP contribution in [0.25, 0.3) is 11.3 Å². The Balaban J connectivity index is 1.70. The molecule has 0 saturated carbocycles. The van der Waals surface area contributed by atoms with Gasteiger partial charge in [-0.25, -0.2) is 0 Å². The largest absolute Gasteiger partial charge is 0.385 e. The summed E-state index contributed by atoms with van der Waals surface area (Å²) in [5.74, 6) is 0. The Morgan fingerprint density at radius 2 is 1.48 bits per heavy atom. The summed E-state index contributed by atoms with van der Waals surface area (Å²) in [6.45, 7) is 2.98. The zero-order chi connectivity index (χ0) is 15.9. The van der Waals surface area contributed by atoms with Crippen LogP contribution in [0.15, 0.2) is 83.2 Å². The second kappa shape index (κ2) is 7.31. The summed E-state index contributed by atoms with van der Waals surface area (Å²) in [5.41, 5.74) is 4.77. The zero-order valence-electron chi connectivity index (χ0n) is 13.0. The molecule has 1 heterocycles. The molecule has 1 aromatic heterocycles. The van der Waals surface area contributed by atoms with Crippen molar-refractivity contribution in [3.63, 3.8) is 0 Å². The van der Waals surface area contributed by atoms with Crippen LogP contribution in [0.5, 0.6) is 0 Å². The molecule has 0 aliphatic carbocycles. The summed E-state index contributed by atoms with van der Waals surface area (Å²) in [6, 6.07) is 21.7. The monoisotopic (exact) mass is 302 g/mol. The third-order valence-electron chi connectivity index (χ3n) is 3.36. The molecule has 0 unspecified atom stereocenters. The average molecular weight is 302 g/mol. The highest BCUT2D eigenvalue weighted by Gasteiger charge is 1.98. The standard InChI is InChI=1S/C19H18N4/c1-2-20-16-10-12-18(13-11-16)23-22-17-8-6-15(7-9-17)19-5-3-4-14-21-19/h3-14,20H,2H2,1H3. The minimum atomic E-state index is 0.820. The van der Waals surface area contributed by atoms with E-state index in [0.29, 0.717) is 0 Å². The van der Waals surface area contributed by atoms with E-state index in [-0.39, 0.29) is 0 Å². The van der Waals surface area contributed by atoms with Crippen molar-refractivity contribution >= 4 is 17.1 Å². The molecule has 23 heavy (non-hydrogen) atoms. The van der Waals surface area contributed by atoms with Crippen molar-refractivity contribution in [2.45, 2.75) is 6.92 Å². The predicted molar refractivity (Wildman–Crippen MR) is 94.5 cm³/mol. The van der Waals surface area contributed by atoms with Crippen LogP contribution >= 0.6 is 0 Å². The van der Waals surface area contributed by atoms with Crippen molar-refractivity contribution in [1.82, 2.24) is 4.98 Å². The SMILES string of the molecule is CCNc1ccc(N=Nc2ccc(-c3ccccn3)cc2)cc1. The Morgan fingerprint density at radius 3 is 2.04 bits per heavy atom. The van der Waals surface area contributed by atoms with E-state index in [2.05, 4.69) is 27.5 Å². The second-order valence-electron chi connectivity index (χ2n) is 5.04. The molecule has 3 aromatic rings. The van der Waals surface area contributed by atoms with Gasteiger partial charge < -0.3 is 5.32 Å². The first-order valence-corrected chi connectivity index (χ1v) is 7.62. The summed E-state index contributed by atoms with van der Waals surface area (Å²) in [4.78, 5) is 4.34. The molecule has 114 valence electrons. The quantitative estimate of drug-likeness (QED) is 0.624. The van der Waals surface area contributed by atoms with E-state index in [9.17, 15) is 0 Å². The van der Waals surface area contributed by atoms with E-state index < -0.39 is 0 Å². The van der Waals surface area contributed by atoms with Gasteiger partial charge in [-0.05, 0) is 55.5 Å². The molecule has 0 fully saturated rings. The van der Waals surface area contributed by atoms with Crippen LogP contribution in [-0.4, -0.2) is 11.5 Å². The van der Waals surface area contributed by atoms with Crippen molar-refractivity contribution in [3.8, 4) is 11.3 Å². The summed E-state index contributed by atoms with van der Waals surface area (Å²) in [6.07, 6.45) is 1.79. The number of hydrogen-bond acceptors (Lipinski definition) is 4. The van der Waals surface area contributed by atoms with Crippen LogP contribution in [0, 0.1) is 0 Å². The van der Waals surface area contributed by atoms with E-state index in [4.69, 9.17) is 0 Å². The van der Waals surface area contributed by atoms with E-state index in [1.807, 2.05) is 66.7 Å². The molecule has 0 saturated heterocycles. The molecule has 0 aliphatic heterocycles. The summed E-state index contributed by atoms with van der Waals surface area (Å²) >= 11 is 0. The van der Waals surface area contributed by atoms with Crippen molar-refractivity contribution in [3.05, 3.63) is 72.9 Å². The summed E-state index contributed by atoms with van der Waals surface area (Å²) < 4.78 is 0. The predicted octanol–water partition coefficient (Wildman–Crippen LogP) is 5.60. The number of nitrogens with zero attached hydrogens (tertiary/aromatic N) is 3. The van der Waals surface area contributed by atoms with Crippen LogP contribution in [-0.2, 0) is 0 Å². The van der Waals surface area contributed by atoms with Gasteiger partial charge in [-0.3, -0.25) is 4.98 Å². The number of rotatable bonds is 5. The van der Waals surface area contributed by atoms with Crippen LogP contribution in [0.3, 0.4) is 0 Å². The molecule has 0 aliphatic rings. The average Bonchev–Trinajstić information content (AvgIpc) is 2.63. The number of anilines is 1. The maximum Gasteiger partial charge on any atom is 0.0858 e. The summed E-state index contributed by atoms with van der Waals surface area (Å²) in [7, 11) is 0. The lowest BCUT2D eigenvalue weighted by atomic mass is 10.1. The molecule has 0 bridgehead atoms. The first-order valence-electron chi connectivity index (χ1n) is 7.62. The van der Waals surface area contributed by atoms with Gasteiger partial charge in [0.05, 0.1) is 17.1 Å². The molecular weight excluding hydrogens is 284 g/mol. The van der Waals surface area contributed by atoms with Gasteiger partial charge in [0.2, 0.25) is 0 Å². The maximum atomic E-state index is 4.34. The van der Waals surface area contributed by atoms with Crippen LogP contribution in [0.1, 0.15) is 6.92 Å². The molecule has 0 amide bonds. The first kappa shape index (κ1) is 14.9. The molecule has 0 atom stereocenters. The lowest BCUT2D eigenvalue weighted by molar-refractivity contribution is 1.20. The van der Waals surface area contributed by atoms with Gasteiger partial charge in [0, 0.05) is 24.0 Å². The third-order valence-corrected chi connectivity index (χ3v) is 3.36. The van der Waals surface area contributed by atoms with Gasteiger partial charge in [-0.2, -0.15) is 10.2 Å². The normalized spacial score (nSPS) is 10.8. The fraction of sp³-hybridized carbons (Fsp3) is 0.105. The molecule has 0 spiro atoms. The van der Waals surface area contributed by atoms with Crippen LogP contribution < -0.4 is 5.32 Å². The molecule has 2 aromatic carbocycles. The Labute approximate surface area is 135 Å².